The summed E-state index contributed by atoms with van der Waals surface area (Å²) in [6, 6.07) is 3.03. The van der Waals surface area contributed by atoms with Crippen LogP contribution in [0.2, 0.25) is 0 Å². The number of urea groups is 1. The van der Waals surface area contributed by atoms with Crippen molar-refractivity contribution in [3.05, 3.63) is 21.9 Å². The summed E-state index contributed by atoms with van der Waals surface area (Å²) < 4.78 is 0. The number of imide groups is 2. The van der Waals surface area contributed by atoms with Crippen LogP contribution in [-0.2, 0) is 16.0 Å². The third-order valence-electron chi connectivity index (χ3n) is 7.12. The minimum atomic E-state index is -0.846. The molecule has 1 aliphatic heterocycles. The molecule has 0 spiro atoms. The molecule has 0 atom stereocenters. The van der Waals surface area contributed by atoms with Crippen molar-refractivity contribution in [1.82, 2.24) is 9.80 Å². The molecule has 6 rings (SSSR count). The summed E-state index contributed by atoms with van der Waals surface area (Å²) >= 11 is 1.38. The number of carbonyl (C=O) groups is 4. The lowest BCUT2D eigenvalue weighted by Gasteiger charge is -2.58. The number of aryl methyl sites for hydroxylation is 1. The number of carbonyl (C=O) groups excluding carboxylic acids is 4. The van der Waals surface area contributed by atoms with Crippen molar-refractivity contribution >= 4 is 35.0 Å². The first-order valence-electron chi connectivity index (χ1n) is 10.2. The Balaban J connectivity index is 1.39. The Kier molecular flexibility index (Phi) is 4.02. The summed E-state index contributed by atoms with van der Waals surface area (Å²) in [6.07, 6.45) is 6.83. The Bertz CT molecular complexity index is 853. The Morgan fingerprint density at radius 1 is 1.04 bits per heavy atom. The van der Waals surface area contributed by atoms with Gasteiger partial charge in [0.05, 0.1) is 17.0 Å². The van der Waals surface area contributed by atoms with Crippen LogP contribution in [0.4, 0.5) is 4.79 Å². The minimum absolute atomic E-state index is 0.286. The highest BCUT2D eigenvalue weighted by atomic mass is 32.1. The van der Waals surface area contributed by atoms with Crippen LogP contribution in [0.25, 0.3) is 0 Å². The third kappa shape index (κ3) is 2.59. The van der Waals surface area contributed by atoms with Gasteiger partial charge in [0.1, 0.15) is 0 Å². The molecule has 148 valence electrons. The number of nitrogens with zero attached hydrogens (tertiary/aromatic N) is 2. The normalized spacial score (nSPS) is 34.0. The second-order valence-electron chi connectivity index (χ2n) is 9.00. The van der Waals surface area contributed by atoms with Gasteiger partial charge in [0, 0.05) is 4.88 Å². The van der Waals surface area contributed by atoms with Gasteiger partial charge in [0.25, 0.3) is 0 Å². The first-order valence-corrected chi connectivity index (χ1v) is 11.0. The van der Waals surface area contributed by atoms with E-state index in [1.165, 1.54) is 35.5 Å². The van der Waals surface area contributed by atoms with E-state index < -0.39 is 23.4 Å². The SMILES string of the molecule is CCc1ccc(C(=O)CN2C(=O)C(=O)N(C34CC5CC(CC(C5)C3)C4)C2=O)s1. The summed E-state index contributed by atoms with van der Waals surface area (Å²) in [4.78, 5) is 54.9. The lowest BCUT2D eigenvalue weighted by atomic mass is 9.52. The number of amides is 4. The Morgan fingerprint density at radius 2 is 1.64 bits per heavy atom. The first-order chi connectivity index (χ1) is 13.4. The summed E-state index contributed by atoms with van der Waals surface area (Å²) in [5.74, 6) is -0.211. The molecule has 7 heteroatoms. The van der Waals surface area contributed by atoms with Gasteiger partial charge in [0.2, 0.25) is 0 Å². The molecule has 4 saturated carbocycles. The summed E-state index contributed by atoms with van der Waals surface area (Å²) in [5, 5.41) is 0. The highest BCUT2D eigenvalue weighted by molar-refractivity contribution is 7.14. The van der Waals surface area contributed by atoms with Crippen molar-refractivity contribution in [2.75, 3.05) is 6.54 Å². The van der Waals surface area contributed by atoms with Crippen molar-refractivity contribution in [2.24, 2.45) is 17.8 Å². The number of thiophene rings is 1. The zero-order valence-corrected chi connectivity index (χ0v) is 16.8. The fourth-order valence-electron chi connectivity index (χ4n) is 6.34. The minimum Gasteiger partial charge on any atom is -0.291 e. The topological polar surface area (TPSA) is 74.8 Å². The molecule has 5 aliphatic rings. The maximum Gasteiger partial charge on any atom is 0.335 e. The lowest BCUT2D eigenvalue weighted by Crippen LogP contribution is -2.62. The zero-order chi connectivity index (χ0) is 19.6. The van der Waals surface area contributed by atoms with Gasteiger partial charge in [-0.05, 0) is 74.8 Å². The van der Waals surface area contributed by atoms with Crippen LogP contribution in [0, 0.1) is 17.8 Å². The molecule has 0 N–H and O–H groups in total. The molecule has 0 aromatic carbocycles. The van der Waals surface area contributed by atoms with E-state index in [-0.39, 0.29) is 12.3 Å². The molecule has 1 aromatic rings. The molecule has 6 nitrogen and oxygen atoms in total. The van der Waals surface area contributed by atoms with Gasteiger partial charge < -0.3 is 0 Å². The second-order valence-corrected chi connectivity index (χ2v) is 10.2. The number of hydrogen-bond donors (Lipinski definition) is 0. The van der Waals surface area contributed by atoms with Gasteiger partial charge in [-0.15, -0.1) is 11.3 Å². The molecule has 4 aliphatic carbocycles. The van der Waals surface area contributed by atoms with Crippen LogP contribution < -0.4 is 0 Å². The maximum atomic E-state index is 13.1. The zero-order valence-electron chi connectivity index (χ0n) is 16.0. The van der Waals surface area contributed by atoms with E-state index in [2.05, 4.69) is 0 Å². The van der Waals surface area contributed by atoms with Crippen molar-refractivity contribution in [3.63, 3.8) is 0 Å². The fourth-order valence-corrected chi connectivity index (χ4v) is 7.22. The van der Waals surface area contributed by atoms with E-state index in [1.54, 1.807) is 6.07 Å². The average Bonchev–Trinajstić information content (AvgIpc) is 3.20. The molecule has 0 unspecified atom stereocenters. The molecule has 4 bridgehead atoms. The molecular weight excluding hydrogens is 376 g/mol. The monoisotopic (exact) mass is 400 g/mol. The second kappa shape index (κ2) is 6.24. The maximum absolute atomic E-state index is 13.1. The van der Waals surface area contributed by atoms with Crippen molar-refractivity contribution in [2.45, 2.75) is 57.4 Å². The third-order valence-corrected chi connectivity index (χ3v) is 8.39. The Hall–Kier alpha value is -2.02. The van der Waals surface area contributed by atoms with E-state index in [0.717, 1.165) is 35.5 Å². The van der Waals surface area contributed by atoms with Crippen LogP contribution in [0.3, 0.4) is 0 Å². The molecular formula is C21H24N2O4S. The van der Waals surface area contributed by atoms with E-state index in [1.807, 2.05) is 13.0 Å². The van der Waals surface area contributed by atoms with Crippen LogP contribution in [-0.4, -0.2) is 45.5 Å². The van der Waals surface area contributed by atoms with Gasteiger partial charge in [-0.25, -0.2) is 14.6 Å². The smallest absolute Gasteiger partial charge is 0.291 e. The largest absolute Gasteiger partial charge is 0.335 e. The van der Waals surface area contributed by atoms with E-state index >= 15 is 0 Å². The molecule has 4 amide bonds. The molecule has 0 radical (unpaired) electrons. The molecule has 2 heterocycles. The molecule has 5 fully saturated rings. The number of Topliss-reactive ketones (excluding diaryl/α,β-unsaturated/α-hetero) is 1. The molecule has 1 aromatic heterocycles. The van der Waals surface area contributed by atoms with E-state index in [0.29, 0.717) is 22.6 Å². The number of hydrogen-bond acceptors (Lipinski definition) is 5. The predicted molar refractivity (Wildman–Crippen MR) is 103 cm³/mol. The summed E-state index contributed by atoms with van der Waals surface area (Å²) in [5.41, 5.74) is -0.505. The Morgan fingerprint density at radius 3 is 2.18 bits per heavy atom. The van der Waals surface area contributed by atoms with E-state index in [4.69, 9.17) is 0 Å². The van der Waals surface area contributed by atoms with Crippen LogP contribution in [0.1, 0.15) is 60.0 Å². The summed E-state index contributed by atoms with van der Waals surface area (Å²) in [7, 11) is 0. The van der Waals surface area contributed by atoms with Gasteiger partial charge in [-0.3, -0.25) is 14.4 Å². The predicted octanol–water partition coefficient (Wildman–Crippen LogP) is 3.25. The molecule has 28 heavy (non-hydrogen) atoms. The standard InChI is InChI=1S/C21H24N2O4S/c1-2-15-3-4-17(28-15)16(24)11-22-18(25)19(26)23(20(22)27)21-8-12-5-13(9-21)7-14(6-12)10-21/h3-4,12-14H,2,5-11H2,1H3. The molecule has 1 saturated heterocycles. The van der Waals surface area contributed by atoms with Crippen molar-refractivity contribution in [1.29, 1.82) is 0 Å². The van der Waals surface area contributed by atoms with Crippen LogP contribution in [0.15, 0.2) is 12.1 Å². The van der Waals surface area contributed by atoms with Crippen molar-refractivity contribution in [3.8, 4) is 0 Å². The highest BCUT2D eigenvalue weighted by Crippen LogP contribution is 2.58. The highest BCUT2D eigenvalue weighted by Gasteiger charge is 2.61. The lowest BCUT2D eigenvalue weighted by molar-refractivity contribution is -0.149. The van der Waals surface area contributed by atoms with Gasteiger partial charge in [-0.2, -0.15) is 0 Å². The van der Waals surface area contributed by atoms with Gasteiger partial charge >= 0.3 is 17.8 Å². The quantitative estimate of drug-likeness (QED) is 0.432. The van der Waals surface area contributed by atoms with E-state index in [9.17, 15) is 19.2 Å². The fraction of sp³-hybridized carbons (Fsp3) is 0.619. The van der Waals surface area contributed by atoms with Crippen LogP contribution >= 0.6 is 11.3 Å². The average molecular weight is 401 g/mol. The van der Waals surface area contributed by atoms with Gasteiger partial charge in [0.15, 0.2) is 5.78 Å². The number of rotatable bonds is 5. The Labute approximate surface area is 167 Å². The van der Waals surface area contributed by atoms with Crippen LogP contribution in [0.5, 0.6) is 0 Å². The first kappa shape index (κ1) is 18.0. The van der Waals surface area contributed by atoms with Gasteiger partial charge in [-0.1, -0.05) is 6.92 Å². The summed E-state index contributed by atoms with van der Waals surface area (Å²) in [6.45, 7) is 1.66. The number of ketones is 1. The van der Waals surface area contributed by atoms with Crippen molar-refractivity contribution < 1.29 is 19.2 Å².